The molecule has 1 aromatic rings. The van der Waals surface area contributed by atoms with Crippen molar-refractivity contribution in [2.75, 3.05) is 26.2 Å². The molecule has 0 fully saturated rings. The first-order valence-electron chi connectivity index (χ1n) is 13.5. The van der Waals surface area contributed by atoms with Crippen LogP contribution in [-0.4, -0.2) is 64.5 Å². The van der Waals surface area contributed by atoms with Crippen molar-refractivity contribution in [3.05, 3.63) is 35.9 Å². The SMILES string of the molecule is CC(C)(C)OC(=O)N(CCCCCCO)CCCCCCN(Cc1ccccc1)C(=O)OC(C)(C)C. The summed E-state index contributed by atoms with van der Waals surface area (Å²) in [5, 5.41) is 8.95. The second kappa shape index (κ2) is 16.5. The predicted molar refractivity (Wildman–Crippen MR) is 145 cm³/mol. The van der Waals surface area contributed by atoms with Gasteiger partial charge in [-0.25, -0.2) is 9.59 Å². The van der Waals surface area contributed by atoms with E-state index < -0.39 is 11.2 Å². The molecule has 0 heterocycles. The molecule has 0 atom stereocenters. The Kier molecular flexibility index (Phi) is 14.5. The van der Waals surface area contributed by atoms with Gasteiger partial charge < -0.3 is 24.4 Å². The Labute approximate surface area is 219 Å². The molecule has 0 aliphatic rings. The van der Waals surface area contributed by atoms with E-state index in [4.69, 9.17) is 14.6 Å². The molecule has 0 saturated heterocycles. The first-order chi connectivity index (χ1) is 16.9. The number of hydrogen-bond acceptors (Lipinski definition) is 5. The minimum Gasteiger partial charge on any atom is -0.444 e. The highest BCUT2D eigenvalue weighted by Gasteiger charge is 2.23. The summed E-state index contributed by atoms with van der Waals surface area (Å²) < 4.78 is 11.2. The van der Waals surface area contributed by atoms with Crippen molar-refractivity contribution in [1.82, 2.24) is 9.80 Å². The van der Waals surface area contributed by atoms with Crippen LogP contribution < -0.4 is 0 Å². The van der Waals surface area contributed by atoms with E-state index >= 15 is 0 Å². The molecule has 0 bridgehead atoms. The van der Waals surface area contributed by atoms with Crippen molar-refractivity contribution in [2.45, 2.75) is 111 Å². The number of rotatable bonds is 15. The third kappa shape index (κ3) is 15.7. The number of carbonyl (C=O) groups excluding carboxylic acids is 2. The molecule has 0 aliphatic heterocycles. The molecule has 2 amide bonds. The van der Waals surface area contributed by atoms with Crippen LogP contribution in [0.2, 0.25) is 0 Å². The number of hydrogen-bond donors (Lipinski definition) is 1. The lowest BCUT2D eigenvalue weighted by Gasteiger charge is -2.28. The fourth-order valence-electron chi connectivity index (χ4n) is 3.71. The quantitative estimate of drug-likeness (QED) is 0.265. The van der Waals surface area contributed by atoms with Gasteiger partial charge in [-0.05, 0) is 72.8 Å². The molecule has 1 aromatic carbocycles. The number of benzene rings is 1. The van der Waals surface area contributed by atoms with Crippen LogP contribution in [0.1, 0.15) is 98.5 Å². The number of aliphatic hydroxyl groups is 1. The van der Waals surface area contributed by atoms with E-state index in [-0.39, 0.29) is 18.8 Å². The van der Waals surface area contributed by atoms with E-state index in [1.165, 1.54) is 0 Å². The Morgan fingerprint density at radius 1 is 0.667 bits per heavy atom. The number of aliphatic hydroxyl groups excluding tert-OH is 1. The average Bonchev–Trinajstić information content (AvgIpc) is 2.77. The first-order valence-corrected chi connectivity index (χ1v) is 13.5. The zero-order valence-corrected chi connectivity index (χ0v) is 23.6. The topological polar surface area (TPSA) is 79.3 Å². The third-order valence-corrected chi connectivity index (χ3v) is 5.46. The van der Waals surface area contributed by atoms with Crippen molar-refractivity contribution in [2.24, 2.45) is 0 Å². The number of ether oxygens (including phenoxy) is 2. The lowest BCUT2D eigenvalue weighted by Crippen LogP contribution is -2.38. The van der Waals surface area contributed by atoms with Gasteiger partial charge in [-0.1, -0.05) is 56.0 Å². The summed E-state index contributed by atoms with van der Waals surface area (Å²) in [6.07, 6.45) is 6.82. The van der Waals surface area contributed by atoms with Crippen molar-refractivity contribution < 1.29 is 24.2 Å². The van der Waals surface area contributed by atoms with Crippen molar-refractivity contribution in [1.29, 1.82) is 0 Å². The zero-order chi connectivity index (χ0) is 27.0. The smallest absolute Gasteiger partial charge is 0.410 e. The van der Waals surface area contributed by atoms with E-state index in [0.29, 0.717) is 26.2 Å². The lowest BCUT2D eigenvalue weighted by atomic mass is 10.1. The summed E-state index contributed by atoms with van der Waals surface area (Å²) >= 11 is 0. The van der Waals surface area contributed by atoms with Gasteiger partial charge in [0.1, 0.15) is 11.2 Å². The summed E-state index contributed by atoms with van der Waals surface area (Å²) in [4.78, 5) is 29.0. The molecule has 0 aliphatic carbocycles. The molecule has 0 saturated carbocycles. The van der Waals surface area contributed by atoms with Gasteiger partial charge in [0.15, 0.2) is 0 Å². The molecule has 1 rings (SSSR count). The predicted octanol–water partition coefficient (Wildman–Crippen LogP) is 6.77. The van der Waals surface area contributed by atoms with E-state index in [1.807, 2.05) is 76.8 Å². The van der Waals surface area contributed by atoms with Crippen LogP contribution in [0.15, 0.2) is 30.3 Å². The van der Waals surface area contributed by atoms with Crippen LogP contribution in [0.25, 0.3) is 0 Å². The van der Waals surface area contributed by atoms with Crippen LogP contribution in [-0.2, 0) is 16.0 Å². The normalized spacial score (nSPS) is 11.8. The van der Waals surface area contributed by atoms with Gasteiger partial charge in [-0.2, -0.15) is 0 Å². The van der Waals surface area contributed by atoms with Gasteiger partial charge in [-0.3, -0.25) is 0 Å². The molecular weight excluding hydrogens is 456 g/mol. The Morgan fingerprint density at radius 3 is 1.53 bits per heavy atom. The average molecular weight is 507 g/mol. The van der Waals surface area contributed by atoms with Gasteiger partial charge in [0.25, 0.3) is 0 Å². The molecule has 0 unspecified atom stereocenters. The summed E-state index contributed by atoms with van der Waals surface area (Å²) in [5.74, 6) is 0. The number of carbonyl (C=O) groups is 2. The third-order valence-electron chi connectivity index (χ3n) is 5.46. The molecule has 7 heteroatoms. The van der Waals surface area contributed by atoms with Crippen molar-refractivity contribution in [3.63, 3.8) is 0 Å². The largest absolute Gasteiger partial charge is 0.444 e. The van der Waals surface area contributed by atoms with E-state index in [1.54, 1.807) is 4.90 Å². The lowest BCUT2D eigenvalue weighted by molar-refractivity contribution is 0.0218. The second-order valence-corrected chi connectivity index (χ2v) is 11.4. The molecule has 0 aromatic heterocycles. The molecule has 36 heavy (non-hydrogen) atoms. The Balaban J connectivity index is 2.52. The van der Waals surface area contributed by atoms with Gasteiger partial charge in [0.05, 0.1) is 0 Å². The Bertz CT molecular complexity index is 740. The summed E-state index contributed by atoms with van der Waals surface area (Å²) in [6, 6.07) is 9.97. The second-order valence-electron chi connectivity index (χ2n) is 11.4. The Hall–Kier alpha value is -2.28. The zero-order valence-electron chi connectivity index (χ0n) is 23.6. The van der Waals surface area contributed by atoms with E-state index in [2.05, 4.69) is 0 Å². The number of nitrogens with zero attached hydrogens (tertiary/aromatic N) is 2. The highest BCUT2D eigenvalue weighted by Crippen LogP contribution is 2.16. The van der Waals surface area contributed by atoms with Crippen LogP contribution in [0.5, 0.6) is 0 Å². The molecular formula is C29H50N2O5. The molecule has 1 N–H and O–H groups in total. The monoisotopic (exact) mass is 506 g/mol. The summed E-state index contributed by atoms with van der Waals surface area (Å²) in [7, 11) is 0. The van der Waals surface area contributed by atoms with Gasteiger partial charge in [0, 0.05) is 32.8 Å². The van der Waals surface area contributed by atoms with Crippen molar-refractivity contribution in [3.8, 4) is 0 Å². The highest BCUT2D eigenvalue weighted by molar-refractivity contribution is 5.68. The molecule has 206 valence electrons. The van der Waals surface area contributed by atoms with Crippen LogP contribution in [0, 0.1) is 0 Å². The van der Waals surface area contributed by atoms with E-state index in [0.717, 1.165) is 56.9 Å². The first kappa shape index (κ1) is 31.7. The maximum absolute atomic E-state index is 12.8. The van der Waals surface area contributed by atoms with Crippen LogP contribution in [0.4, 0.5) is 9.59 Å². The summed E-state index contributed by atoms with van der Waals surface area (Å²) in [5.41, 5.74) is 0.0288. The minimum atomic E-state index is -0.533. The standard InChI is InChI=1S/C29H50N2O5/c1-28(2,3)35-26(33)30(21-15-9-10-17-23-32)20-14-7-8-16-22-31(27(34)36-29(4,5)6)24-25-18-12-11-13-19-25/h11-13,18-19,32H,7-10,14-17,20-24H2,1-6H3. The Morgan fingerprint density at radius 2 is 1.08 bits per heavy atom. The van der Waals surface area contributed by atoms with E-state index in [9.17, 15) is 9.59 Å². The molecule has 7 nitrogen and oxygen atoms in total. The van der Waals surface area contributed by atoms with Crippen LogP contribution in [0.3, 0.4) is 0 Å². The molecule has 0 spiro atoms. The maximum atomic E-state index is 12.8. The number of amides is 2. The summed E-state index contributed by atoms with van der Waals surface area (Å²) in [6.45, 7) is 14.0. The minimum absolute atomic E-state index is 0.215. The highest BCUT2D eigenvalue weighted by atomic mass is 16.6. The van der Waals surface area contributed by atoms with Gasteiger partial charge >= 0.3 is 12.2 Å². The fourth-order valence-corrected chi connectivity index (χ4v) is 3.71. The van der Waals surface area contributed by atoms with Crippen LogP contribution >= 0.6 is 0 Å². The molecule has 0 radical (unpaired) electrons. The van der Waals surface area contributed by atoms with Gasteiger partial charge in [-0.15, -0.1) is 0 Å². The van der Waals surface area contributed by atoms with Crippen molar-refractivity contribution >= 4 is 12.2 Å². The van der Waals surface area contributed by atoms with Gasteiger partial charge in [0.2, 0.25) is 0 Å². The fraction of sp³-hybridized carbons (Fsp3) is 0.724. The number of unbranched alkanes of at least 4 members (excludes halogenated alkanes) is 6. The maximum Gasteiger partial charge on any atom is 0.410 e.